The summed E-state index contributed by atoms with van der Waals surface area (Å²) < 4.78 is 11.1. The van der Waals surface area contributed by atoms with E-state index in [1.165, 1.54) is 135 Å². The van der Waals surface area contributed by atoms with Crippen molar-refractivity contribution in [1.82, 2.24) is 4.90 Å². The number of hydrogen-bond acceptors (Lipinski definition) is 9. The number of rotatable bonds is 53. The molecule has 4 atom stereocenters. The zero-order chi connectivity index (χ0) is 47.7. The van der Waals surface area contributed by atoms with Gasteiger partial charge in [-0.2, -0.15) is 0 Å². The van der Waals surface area contributed by atoms with Crippen molar-refractivity contribution in [2.75, 3.05) is 39.5 Å². The number of nitrogens with zero attached hydrogens (tertiary/aromatic N) is 1. The molecule has 0 fully saturated rings. The van der Waals surface area contributed by atoms with Gasteiger partial charge in [0.15, 0.2) is 0 Å². The van der Waals surface area contributed by atoms with Gasteiger partial charge >= 0.3 is 5.97 Å². The first-order valence-electron chi connectivity index (χ1n) is 28.1. The van der Waals surface area contributed by atoms with Crippen LogP contribution in [-0.4, -0.2) is 106 Å². The number of unbranched alkanes of at least 4 members (excludes halogenated alkanes) is 32. The molecule has 0 aromatic carbocycles. The molecule has 1 amide bonds. The molecule has 10 nitrogen and oxygen atoms in total. The van der Waals surface area contributed by atoms with Crippen molar-refractivity contribution in [2.45, 2.75) is 302 Å². The smallest absolute Gasteiger partial charge is 0.305 e. The lowest BCUT2D eigenvalue weighted by atomic mass is 9.98. The van der Waals surface area contributed by atoms with Crippen LogP contribution < -0.4 is 0 Å². The van der Waals surface area contributed by atoms with E-state index in [4.69, 9.17) is 9.47 Å². The molecule has 0 spiro atoms. The normalized spacial score (nSPS) is 13.5. The Hall–Kier alpha value is -1.30. The minimum absolute atomic E-state index is 0.00908. The third kappa shape index (κ3) is 46.2. The Morgan fingerprint density at radius 2 is 0.846 bits per heavy atom. The van der Waals surface area contributed by atoms with Crippen LogP contribution in [0, 0.1) is 0 Å². The van der Waals surface area contributed by atoms with Gasteiger partial charge in [-0.1, -0.05) is 219 Å². The molecule has 0 aliphatic carbocycles. The van der Waals surface area contributed by atoms with E-state index in [2.05, 4.69) is 13.8 Å². The van der Waals surface area contributed by atoms with Crippen LogP contribution in [0.1, 0.15) is 277 Å². The quantitative estimate of drug-likeness (QED) is 0.0296. The van der Waals surface area contributed by atoms with Crippen LogP contribution in [0.5, 0.6) is 0 Å². The van der Waals surface area contributed by atoms with Gasteiger partial charge in [0.1, 0.15) is 0 Å². The molecule has 0 aliphatic heterocycles. The van der Waals surface area contributed by atoms with Crippen molar-refractivity contribution >= 4 is 11.9 Å². The summed E-state index contributed by atoms with van der Waals surface area (Å²) in [7, 11) is 0. The van der Waals surface area contributed by atoms with Crippen molar-refractivity contribution < 1.29 is 44.6 Å². The Balaban J connectivity index is 3.59. The van der Waals surface area contributed by atoms with Gasteiger partial charge in [0.2, 0.25) is 5.91 Å². The van der Waals surface area contributed by atoms with Gasteiger partial charge in [0.25, 0.3) is 0 Å². The van der Waals surface area contributed by atoms with Crippen LogP contribution in [0.3, 0.4) is 0 Å². The molecule has 5 N–H and O–H groups in total. The van der Waals surface area contributed by atoms with Gasteiger partial charge < -0.3 is 39.9 Å². The van der Waals surface area contributed by atoms with Crippen molar-refractivity contribution in [3.05, 3.63) is 0 Å². The van der Waals surface area contributed by atoms with Crippen molar-refractivity contribution in [1.29, 1.82) is 0 Å². The second-order valence-corrected chi connectivity index (χ2v) is 19.6. The van der Waals surface area contributed by atoms with E-state index in [0.717, 1.165) is 96.3 Å². The van der Waals surface area contributed by atoms with Gasteiger partial charge in [0, 0.05) is 39.0 Å². The Morgan fingerprint density at radius 1 is 0.446 bits per heavy atom. The van der Waals surface area contributed by atoms with E-state index in [1.807, 2.05) is 0 Å². The first-order valence-corrected chi connectivity index (χ1v) is 28.1. The highest BCUT2D eigenvalue weighted by molar-refractivity contribution is 5.76. The van der Waals surface area contributed by atoms with Crippen molar-refractivity contribution in [3.63, 3.8) is 0 Å². The molecule has 0 saturated heterocycles. The van der Waals surface area contributed by atoms with E-state index < -0.39 is 24.4 Å². The first kappa shape index (κ1) is 63.7. The van der Waals surface area contributed by atoms with Crippen LogP contribution in [0.15, 0.2) is 0 Å². The number of hydrogen-bond donors (Lipinski definition) is 5. The highest BCUT2D eigenvalue weighted by atomic mass is 16.5. The number of esters is 1. The monoisotopic (exact) mass is 928 g/mol. The largest absolute Gasteiger partial charge is 0.466 e. The molecule has 65 heavy (non-hydrogen) atoms. The molecule has 0 rings (SSSR count). The summed E-state index contributed by atoms with van der Waals surface area (Å²) in [6, 6.07) is 0. The van der Waals surface area contributed by atoms with Gasteiger partial charge in [0.05, 0.1) is 44.2 Å². The van der Waals surface area contributed by atoms with Gasteiger partial charge in [-0.15, -0.1) is 0 Å². The van der Waals surface area contributed by atoms with E-state index in [-0.39, 0.29) is 44.6 Å². The van der Waals surface area contributed by atoms with E-state index >= 15 is 0 Å². The summed E-state index contributed by atoms with van der Waals surface area (Å²) in [5.74, 6) is -0.0948. The maximum absolute atomic E-state index is 12.8. The zero-order valence-corrected chi connectivity index (χ0v) is 42.9. The maximum atomic E-state index is 12.8. The Bertz CT molecular complexity index is 987. The number of carbonyl (C=O) groups excluding carboxylic acids is 2. The molecule has 0 aromatic heterocycles. The second kappa shape index (κ2) is 50.6. The van der Waals surface area contributed by atoms with Crippen LogP contribution in [-0.2, 0) is 19.1 Å². The number of carbonyl (C=O) groups is 2. The Labute approximate surface area is 401 Å². The minimum atomic E-state index is -0.869. The van der Waals surface area contributed by atoms with E-state index in [0.29, 0.717) is 38.9 Å². The Morgan fingerprint density at radius 3 is 1.34 bits per heavy atom. The second-order valence-electron chi connectivity index (χ2n) is 19.6. The number of aliphatic hydroxyl groups excluding tert-OH is 5. The minimum Gasteiger partial charge on any atom is -0.466 e. The molecule has 0 bridgehead atoms. The highest BCUT2D eigenvalue weighted by Crippen LogP contribution is 2.18. The lowest BCUT2D eigenvalue weighted by Gasteiger charge is -2.24. The van der Waals surface area contributed by atoms with Crippen LogP contribution in [0.4, 0.5) is 0 Å². The molecular weight excluding hydrogens is 819 g/mol. The summed E-state index contributed by atoms with van der Waals surface area (Å²) in [6.07, 6.45) is 41.9. The van der Waals surface area contributed by atoms with E-state index in [9.17, 15) is 35.1 Å². The fraction of sp³-hybridized carbons (Fsp3) is 0.964. The topological polar surface area (TPSA) is 157 Å². The van der Waals surface area contributed by atoms with Crippen molar-refractivity contribution in [3.8, 4) is 0 Å². The third-order valence-corrected chi connectivity index (χ3v) is 13.1. The highest BCUT2D eigenvalue weighted by Gasteiger charge is 2.20. The molecule has 0 saturated carbocycles. The van der Waals surface area contributed by atoms with Gasteiger partial charge in [-0.3, -0.25) is 9.59 Å². The summed E-state index contributed by atoms with van der Waals surface area (Å²) in [6.45, 7) is 6.18. The summed E-state index contributed by atoms with van der Waals surface area (Å²) in [5, 5.41) is 50.5. The number of aliphatic hydroxyl groups is 5. The molecule has 10 heteroatoms. The average Bonchev–Trinajstić information content (AvgIpc) is 3.29. The van der Waals surface area contributed by atoms with E-state index in [1.54, 1.807) is 4.90 Å². The summed E-state index contributed by atoms with van der Waals surface area (Å²) >= 11 is 0. The fourth-order valence-electron chi connectivity index (χ4n) is 8.81. The molecule has 388 valence electrons. The molecule has 0 aliphatic rings. The zero-order valence-electron chi connectivity index (χ0n) is 42.9. The predicted octanol–water partition coefficient (Wildman–Crippen LogP) is 12.8. The summed E-state index contributed by atoms with van der Waals surface area (Å²) in [5.41, 5.74) is 0. The third-order valence-electron chi connectivity index (χ3n) is 13.1. The molecular formula is C55H109NO9. The number of amides is 1. The molecule has 4 unspecified atom stereocenters. The predicted molar refractivity (Wildman–Crippen MR) is 270 cm³/mol. The maximum Gasteiger partial charge on any atom is 0.305 e. The first-order chi connectivity index (χ1) is 31.7. The SMILES string of the molecule is CCCCCCCCCCCCCCCCOCC(O)CN(CCO)C(=O)CCCCCCCCCCCCCCCOC(=O)CCCCCCCC(O)C(O)CC(O)CCCCCC. The van der Waals surface area contributed by atoms with Crippen LogP contribution >= 0.6 is 0 Å². The van der Waals surface area contributed by atoms with Crippen LogP contribution in [0.25, 0.3) is 0 Å². The van der Waals surface area contributed by atoms with Crippen LogP contribution in [0.2, 0.25) is 0 Å². The average molecular weight is 928 g/mol. The lowest BCUT2D eigenvalue weighted by Crippen LogP contribution is -2.40. The van der Waals surface area contributed by atoms with Crippen molar-refractivity contribution in [2.24, 2.45) is 0 Å². The fourth-order valence-corrected chi connectivity index (χ4v) is 8.81. The number of ether oxygens (including phenoxy) is 2. The van der Waals surface area contributed by atoms with Gasteiger partial charge in [-0.05, 0) is 38.5 Å². The Kier molecular flexibility index (Phi) is 49.6. The lowest BCUT2D eigenvalue weighted by molar-refractivity contribution is -0.144. The van der Waals surface area contributed by atoms with Gasteiger partial charge in [-0.25, -0.2) is 0 Å². The molecule has 0 aromatic rings. The summed E-state index contributed by atoms with van der Waals surface area (Å²) in [4.78, 5) is 26.5. The molecule has 0 heterocycles. The standard InChI is InChI=1S/C55H109NO9/c1-3-5-7-9-10-11-12-13-16-19-22-25-31-37-45-64-49-51(59)48-56(43-44-57)54(62)41-35-29-24-21-18-15-14-17-20-23-26-32-38-46-65-55(63)42-36-30-27-28-34-40-52(60)53(61)47-50(58)39-33-8-6-4-2/h50-53,57-61H,3-49H2,1-2H3. The molecule has 0 radical (unpaired) electrons.